The number of nitrogens with two attached hydrogens (primary N) is 1. The van der Waals surface area contributed by atoms with Gasteiger partial charge in [-0.15, -0.1) is 0 Å². The minimum Gasteiger partial charge on any atom is -0.379 e. The zero-order valence-electron chi connectivity index (χ0n) is 18.6. The fourth-order valence-corrected chi connectivity index (χ4v) is 4.97. The lowest BCUT2D eigenvalue weighted by Crippen LogP contribution is -2.47. The molecule has 2 aromatic carbocycles. The van der Waals surface area contributed by atoms with Gasteiger partial charge in [-0.05, 0) is 42.8 Å². The summed E-state index contributed by atoms with van der Waals surface area (Å²) in [6.07, 6.45) is 6.27. The van der Waals surface area contributed by atoms with Crippen LogP contribution in [0.4, 0.5) is 4.39 Å². The molecule has 9 heteroatoms. The van der Waals surface area contributed by atoms with E-state index in [-0.39, 0.29) is 17.8 Å². The van der Waals surface area contributed by atoms with Gasteiger partial charge in [0.25, 0.3) is 0 Å². The van der Waals surface area contributed by atoms with Crippen LogP contribution in [0.2, 0.25) is 0 Å². The maximum absolute atomic E-state index is 13.8. The summed E-state index contributed by atoms with van der Waals surface area (Å²) in [4.78, 5) is 11.5. The quantitative estimate of drug-likeness (QED) is 0.405. The van der Waals surface area contributed by atoms with Gasteiger partial charge in [-0.25, -0.2) is 4.39 Å². The van der Waals surface area contributed by atoms with Crippen molar-refractivity contribution in [2.24, 2.45) is 5.73 Å². The maximum Gasteiger partial charge on any atom is 0.239 e. The predicted molar refractivity (Wildman–Crippen MR) is 126 cm³/mol. The third-order valence-corrected chi connectivity index (χ3v) is 6.79. The number of H-pyrrole nitrogens is 1. The Morgan fingerprint density at radius 2 is 2.03 bits per heavy atom. The second kappa shape index (κ2) is 7.53. The monoisotopic (exact) mass is 458 g/mol. The fourth-order valence-electron chi connectivity index (χ4n) is 4.97. The first kappa shape index (κ1) is 20.6. The molecule has 5 aromatic rings. The van der Waals surface area contributed by atoms with Crippen LogP contribution in [0.15, 0.2) is 55.0 Å². The molecule has 6 rings (SSSR count). The maximum atomic E-state index is 13.8. The Kier molecular flexibility index (Phi) is 4.56. The minimum absolute atomic E-state index is 0.00123. The van der Waals surface area contributed by atoms with Crippen molar-refractivity contribution >= 4 is 27.7 Å². The first-order valence-corrected chi connectivity index (χ1v) is 11.2. The van der Waals surface area contributed by atoms with Crippen molar-refractivity contribution in [3.63, 3.8) is 0 Å². The van der Waals surface area contributed by atoms with Crippen molar-refractivity contribution in [3.8, 4) is 16.8 Å². The Morgan fingerprint density at radius 3 is 2.71 bits per heavy atom. The lowest BCUT2D eigenvalue weighted by atomic mass is 9.77. The van der Waals surface area contributed by atoms with Crippen molar-refractivity contribution < 1.29 is 13.9 Å². The molecule has 0 spiro atoms. The number of halogens is 1. The number of aromatic nitrogens is 5. The van der Waals surface area contributed by atoms with Crippen molar-refractivity contribution in [2.45, 2.75) is 25.3 Å². The van der Waals surface area contributed by atoms with E-state index in [0.29, 0.717) is 13.2 Å². The largest absolute Gasteiger partial charge is 0.379 e. The third-order valence-electron chi connectivity index (χ3n) is 6.79. The second-order valence-electron chi connectivity index (χ2n) is 8.88. The van der Waals surface area contributed by atoms with Gasteiger partial charge in [0, 0.05) is 39.5 Å². The Hall–Kier alpha value is -3.98. The predicted octanol–water partition coefficient (Wildman–Crippen LogP) is 3.67. The number of fused-ring (bicyclic) bond motifs is 2. The highest BCUT2D eigenvalue weighted by Crippen LogP contribution is 2.47. The van der Waals surface area contributed by atoms with Crippen LogP contribution in [0, 0.1) is 5.82 Å². The molecule has 0 radical (unpaired) electrons. The molecule has 34 heavy (non-hydrogen) atoms. The van der Waals surface area contributed by atoms with Crippen LogP contribution in [-0.4, -0.2) is 43.7 Å². The molecular weight excluding hydrogens is 435 g/mol. The average molecular weight is 458 g/mol. The van der Waals surface area contributed by atoms with Gasteiger partial charge in [0.05, 0.1) is 42.1 Å². The summed E-state index contributed by atoms with van der Waals surface area (Å²) >= 11 is 0. The lowest BCUT2D eigenvalue weighted by Gasteiger charge is -2.42. The number of nitrogens with zero attached hydrogens (tertiary/aromatic N) is 4. The Bertz CT molecular complexity index is 1540. The number of carbonyl (C=O) groups excluding carboxylic acids is 1. The molecule has 0 atom stereocenters. The van der Waals surface area contributed by atoms with Crippen LogP contribution in [0.25, 0.3) is 38.6 Å². The van der Waals surface area contributed by atoms with Crippen molar-refractivity contribution in [1.82, 2.24) is 24.5 Å². The number of aromatic amines is 1. The molecular formula is C25H23FN6O2. The number of rotatable bonds is 6. The highest BCUT2D eigenvalue weighted by molar-refractivity contribution is 6.05. The van der Waals surface area contributed by atoms with Gasteiger partial charge in [-0.1, -0.05) is 6.92 Å². The van der Waals surface area contributed by atoms with Gasteiger partial charge in [0.2, 0.25) is 5.91 Å². The topological polar surface area (TPSA) is 104 Å². The smallest absolute Gasteiger partial charge is 0.239 e. The number of nitrogens with one attached hydrogen (secondary N) is 1. The highest BCUT2D eigenvalue weighted by atomic mass is 19.1. The van der Waals surface area contributed by atoms with Crippen LogP contribution >= 0.6 is 0 Å². The van der Waals surface area contributed by atoms with E-state index in [1.807, 2.05) is 6.20 Å². The van der Waals surface area contributed by atoms with E-state index in [1.165, 1.54) is 12.1 Å². The van der Waals surface area contributed by atoms with Gasteiger partial charge in [-0.2, -0.15) is 10.2 Å². The van der Waals surface area contributed by atoms with Gasteiger partial charge in [0.1, 0.15) is 12.4 Å². The highest BCUT2D eigenvalue weighted by Gasteiger charge is 2.44. The van der Waals surface area contributed by atoms with Gasteiger partial charge in [-0.3, -0.25) is 14.6 Å². The summed E-state index contributed by atoms with van der Waals surface area (Å²) in [5.41, 5.74) is 10.9. The number of hydrogen-bond acceptors (Lipinski definition) is 4. The molecule has 0 unspecified atom stereocenters. The first-order chi connectivity index (χ1) is 16.5. The van der Waals surface area contributed by atoms with Crippen molar-refractivity contribution in [3.05, 3.63) is 66.5 Å². The van der Waals surface area contributed by atoms with Crippen molar-refractivity contribution in [1.29, 1.82) is 0 Å². The molecule has 4 heterocycles. The Labute approximate surface area is 194 Å². The summed E-state index contributed by atoms with van der Waals surface area (Å²) in [5.74, 6) is -0.746. The molecule has 1 amide bonds. The first-order valence-electron chi connectivity index (χ1n) is 11.2. The number of carbonyl (C=O) groups is 1. The molecule has 1 saturated heterocycles. The summed E-state index contributed by atoms with van der Waals surface area (Å²) in [6.45, 7) is 3.33. The molecule has 172 valence electrons. The van der Waals surface area contributed by atoms with E-state index in [9.17, 15) is 9.18 Å². The van der Waals surface area contributed by atoms with Gasteiger partial charge < -0.3 is 15.0 Å². The third kappa shape index (κ3) is 3.04. The van der Waals surface area contributed by atoms with Gasteiger partial charge >= 0.3 is 0 Å². The summed E-state index contributed by atoms with van der Waals surface area (Å²) in [6, 6.07) is 10.7. The standard InChI is InChI=1S/C25H23FN6O2/c1-2-25(13-34-14-25)24-23(16-10-29-31(11-16)12-22(27)33)19-8-20-15(9-28-30-20)7-21(19)32(24)18-5-3-17(26)4-6-18/h3-11H,2,12-14H2,1H3,(H2,27,33)(H,28,30). The number of ether oxygens (including phenoxy) is 1. The van der Waals surface area contributed by atoms with Crippen LogP contribution < -0.4 is 5.73 Å². The molecule has 8 nitrogen and oxygen atoms in total. The SMILES string of the molecule is CCC1(c2c(-c3cnn(CC(N)=O)c3)c3cc4[nH]ncc4cc3n2-c2ccc(F)cc2)COC1. The van der Waals surface area contributed by atoms with E-state index in [2.05, 4.69) is 38.9 Å². The number of benzene rings is 2. The molecule has 0 saturated carbocycles. The summed E-state index contributed by atoms with van der Waals surface area (Å²) < 4.78 is 23.3. The van der Waals surface area contributed by atoms with Gasteiger partial charge in [0.15, 0.2) is 0 Å². The Morgan fingerprint density at radius 1 is 1.24 bits per heavy atom. The van der Waals surface area contributed by atoms with E-state index >= 15 is 0 Å². The molecule has 1 aliphatic rings. The lowest BCUT2D eigenvalue weighted by molar-refractivity contribution is -0.118. The number of hydrogen-bond donors (Lipinski definition) is 2. The molecule has 3 N–H and O–H groups in total. The zero-order chi connectivity index (χ0) is 23.4. The molecule has 0 bridgehead atoms. The van der Waals surface area contributed by atoms with Crippen LogP contribution in [0.3, 0.4) is 0 Å². The van der Waals surface area contributed by atoms with E-state index in [0.717, 1.165) is 50.7 Å². The molecule has 1 fully saturated rings. The summed E-state index contributed by atoms with van der Waals surface area (Å²) in [7, 11) is 0. The molecule has 1 aliphatic heterocycles. The van der Waals surface area contributed by atoms with Crippen molar-refractivity contribution in [2.75, 3.05) is 13.2 Å². The zero-order valence-corrected chi connectivity index (χ0v) is 18.6. The number of amides is 1. The second-order valence-corrected chi connectivity index (χ2v) is 8.88. The van der Waals surface area contributed by atoms with Crippen LogP contribution in [-0.2, 0) is 21.5 Å². The minimum atomic E-state index is -0.458. The van der Waals surface area contributed by atoms with Crippen LogP contribution in [0.5, 0.6) is 0 Å². The number of primary amides is 1. The average Bonchev–Trinajstić information content (AvgIpc) is 3.50. The molecule has 3 aromatic heterocycles. The fraction of sp³-hybridized carbons (Fsp3) is 0.240. The summed E-state index contributed by atoms with van der Waals surface area (Å²) in [5, 5.41) is 13.6. The Balaban J connectivity index is 1.73. The van der Waals surface area contributed by atoms with E-state index < -0.39 is 5.91 Å². The van der Waals surface area contributed by atoms with Crippen LogP contribution in [0.1, 0.15) is 19.0 Å². The van der Waals surface area contributed by atoms with E-state index in [1.54, 1.807) is 29.2 Å². The van der Waals surface area contributed by atoms with E-state index in [4.69, 9.17) is 10.5 Å². The normalized spacial score (nSPS) is 15.1. The molecule has 0 aliphatic carbocycles.